The Morgan fingerprint density at radius 1 is 1.03 bits per heavy atom. The summed E-state index contributed by atoms with van der Waals surface area (Å²) in [7, 11) is 0.625. The zero-order chi connectivity index (χ0) is 23.0. The highest BCUT2D eigenvalue weighted by molar-refractivity contribution is 7.89. The lowest BCUT2D eigenvalue weighted by Gasteiger charge is -2.19. The van der Waals surface area contributed by atoms with Gasteiger partial charge in [-0.2, -0.15) is 4.72 Å². The highest BCUT2D eigenvalue weighted by Gasteiger charge is 2.24. The Balaban J connectivity index is 1.89. The number of hydrogen-bond donors (Lipinski definition) is 1. The van der Waals surface area contributed by atoms with Crippen LogP contribution in [0.25, 0.3) is 0 Å². The quantitative estimate of drug-likeness (QED) is 0.547. The van der Waals surface area contributed by atoms with Gasteiger partial charge in [0.25, 0.3) is 5.91 Å². The second-order valence-corrected chi connectivity index (χ2v) is 8.40. The van der Waals surface area contributed by atoms with E-state index in [-0.39, 0.29) is 11.4 Å². The molecule has 0 saturated carbocycles. The number of likely N-dealkylation sites (N-methyl/N-ethyl adjacent to an activating group) is 1. The molecule has 0 aliphatic carbocycles. The smallest absolute Gasteiger partial charge is 0.324 e. The molecule has 31 heavy (non-hydrogen) atoms. The van der Waals surface area contributed by atoms with Gasteiger partial charge in [-0.1, -0.05) is 18.2 Å². The number of carbonyl (C=O) groups excluding carboxylic acids is 2. The van der Waals surface area contributed by atoms with Crippen LogP contribution in [-0.2, 0) is 30.9 Å². The first-order valence-electron chi connectivity index (χ1n) is 9.36. The van der Waals surface area contributed by atoms with Crippen LogP contribution in [0.2, 0.25) is 0 Å². The van der Waals surface area contributed by atoms with Crippen LogP contribution in [0.4, 0.5) is 0 Å². The molecule has 2 rings (SSSR count). The van der Waals surface area contributed by atoms with Gasteiger partial charge in [-0.05, 0) is 37.3 Å². The van der Waals surface area contributed by atoms with E-state index in [4.69, 9.17) is 14.2 Å². The molecule has 0 fully saturated rings. The van der Waals surface area contributed by atoms with E-state index in [1.54, 1.807) is 13.1 Å². The van der Waals surface area contributed by atoms with E-state index < -0.39 is 34.5 Å². The van der Waals surface area contributed by atoms with Gasteiger partial charge < -0.3 is 19.1 Å². The first-order chi connectivity index (χ1) is 14.7. The molecule has 0 unspecified atom stereocenters. The Morgan fingerprint density at radius 2 is 1.68 bits per heavy atom. The molecule has 2 aromatic carbocycles. The summed E-state index contributed by atoms with van der Waals surface area (Å²) < 4.78 is 42.3. The highest BCUT2D eigenvalue weighted by atomic mass is 32.2. The van der Waals surface area contributed by atoms with Gasteiger partial charge in [-0.25, -0.2) is 8.42 Å². The molecule has 0 radical (unpaired) electrons. The van der Waals surface area contributed by atoms with Gasteiger partial charge in [0.1, 0.15) is 17.5 Å². The normalized spacial score (nSPS) is 12.0. The number of sulfonamides is 1. The maximum Gasteiger partial charge on any atom is 0.324 e. The van der Waals surface area contributed by atoms with E-state index in [9.17, 15) is 18.0 Å². The summed E-state index contributed by atoms with van der Waals surface area (Å²) in [4.78, 5) is 25.8. The monoisotopic (exact) mass is 450 g/mol. The highest BCUT2D eigenvalue weighted by Crippen LogP contribution is 2.19. The second-order valence-electron chi connectivity index (χ2n) is 6.69. The molecule has 9 nitrogen and oxygen atoms in total. The van der Waals surface area contributed by atoms with E-state index in [0.717, 1.165) is 5.56 Å². The van der Waals surface area contributed by atoms with E-state index in [1.807, 2.05) is 18.2 Å². The summed E-state index contributed by atoms with van der Waals surface area (Å²) in [5.41, 5.74) is 0.799. The van der Waals surface area contributed by atoms with Gasteiger partial charge >= 0.3 is 5.97 Å². The van der Waals surface area contributed by atoms with Crippen LogP contribution in [0.1, 0.15) is 12.5 Å². The number of hydrogen-bond acceptors (Lipinski definition) is 7. The van der Waals surface area contributed by atoms with Crippen molar-refractivity contribution in [2.75, 3.05) is 27.9 Å². The van der Waals surface area contributed by atoms with Gasteiger partial charge in [0.15, 0.2) is 6.61 Å². The maximum atomic E-state index is 12.4. The van der Waals surface area contributed by atoms with Gasteiger partial charge in [0.2, 0.25) is 10.0 Å². The van der Waals surface area contributed by atoms with Crippen molar-refractivity contribution in [1.29, 1.82) is 0 Å². The number of rotatable bonds is 10. The Hall–Kier alpha value is -3.11. The van der Waals surface area contributed by atoms with E-state index >= 15 is 0 Å². The number of para-hydroxylation sites is 1. The fourth-order valence-corrected chi connectivity index (χ4v) is 3.84. The van der Waals surface area contributed by atoms with Crippen LogP contribution in [0.3, 0.4) is 0 Å². The first-order valence-corrected chi connectivity index (χ1v) is 10.8. The fraction of sp³-hybridized carbons (Fsp3) is 0.333. The Labute approximate surface area is 182 Å². The van der Waals surface area contributed by atoms with Crippen molar-refractivity contribution in [2.45, 2.75) is 24.4 Å². The molecule has 1 atom stereocenters. The lowest BCUT2D eigenvalue weighted by molar-refractivity contribution is -0.152. The van der Waals surface area contributed by atoms with Crippen LogP contribution >= 0.6 is 0 Å². The summed E-state index contributed by atoms with van der Waals surface area (Å²) in [6, 6.07) is 11.8. The van der Waals surface area contributed by atoms with E-state index in [2.05, 4.69) is 4.72 Å². The molecule has 0 aliphatic heterocycles. The topological polar surface area (TPSA) is 111 Å². The van der Waals surface area contributed by atoms with Crippen molar-refractivity contribution < 1.29 is 32.2 Å². The Morgan fingerprint density at radius 3 is 2.29 bits per heavy atom. The van der Waals surface area contributed by atoms with Gasteiger partial charge in [0, 0.05) is 19.2 Å². The molecule has 1 N–H and O–H groups in total. The lowest BCUT2D eigenvalue weighted by Crippen LogP contribution is -2.41. The number of ether oxygens (including phenoxy) is 3. The third-order valence-corrected chi connectivity index (χ3v) is 5.98. The van der Waals surface area contributed by atoms with Crippen molar-refractivity contribution >= 4 is 21.9 Å². The fourth-order valence-electron chi connectivity index (χ4n) is 2.65. The molecule has 168 valence electrons. The minimum atomic E-state index is -3.95. The summed E-state index contributed by atoms with van der Waals surface area (Å²) in [6.45, 7) is 1.09. The number of benzene rings is 2. The zero-order valence-corrected chi connectivity index (χ0v) is 18.6. The maximum absolute atomic E-state index is 12.4. The number of amides is 1. The molecule has 0 heterocycles. The summed E-state index contributed by atoms with van der Waals surface area (Å²) in [6.07, 6.45) is 0. The number of methoxy groups -OCH3 is 2. The summed E-state index contributed by atoms with van der Waals surface area (Å²) in [5, 5.41) is 0. The van der Waals surface area contributed by atoms with Gasteiger partial charge in [0.05, 0.1) is 19.1 Å². The van der Waals surface area contributed by atoms with E-state index in [0.29, 0.717) is 11.5 Å². The third kappa shape index (κ3) is 6.69. The Kier molecular flexibility index (Phi) is 8.40. The van der Waals surface area contributed by atoms with Crippen molar-refractivity contribution in [3.05, 3.63) is 54.1 Å². The van der Waals surface area contributed by atoms with Gasteiger partial charge in [-0.3, -0.25) is 9.59 Å². The van der Waals surface area contributed by atoms with Crippen molar-refractivity contribution in [1.82, 2.24) is 9.62 Å². The van der Waals surface area contributed by atoms with Crippen LogP contribution < -0.4 is 14.2 Å². The minimum absolute atomic E-state index is 0.0273. The first kappa shape index (κ1) is 24.2. The summed E-state index contributed by atoms with van der Waals surface area (Å²) in [5.74, 6) is -0.163. The molecule has 0 aliphatic rings. The van der Waals surface area contributed by atoms with Gasteiger partial charge in [-0.15, -0.1) is 0 Å². The molecule has 0 bridgehead atoms. The standard InChI is InChI=1S/C21H26N2O7S/c1-15(22-31(26,27)18-11-9-17(28-3)10-12-18)21(25)30-14-20(24)23(2)13-16-7-5-6-8-19(16)29-4/h5-12,15,22H,13-14H2,1-4H3/t15-/m0/s1. The van der Waals surface area contributed by atoms with E-state index in [1.165, 1.54) is 50.3 Å². The predicted octanol–water partition coefficient (Wildman–Crippen LogP) is 1.57. The molecule has 10 heteroatoms. The third-order valence-electron chi connectivity index (χ3n) is 4.42. The number of nitrogens with one attached hydrogen (secondary N) is 1. The molecular weight excluding hydrogens is 424 g/mol. The number of esters is 1. The molecule has 1 amide bonds. The van der Waals surface area contributed by atoms with Crippen molar-refractivity contribution in [3.63, 3.8) is 0 Å². The van der Waals surface area contributed by atoms with Crippen LogP contribution in [0.15, 0.2) is 53.4 Å². The minimum Gasteiger partial charge on any atom is -0.497 e. The molecule has 2 aromatic rings. The Bertz CT molecular complexity index is 1010. The molecule has 0 aromatic heterocycles. The van der Waals surface area contributed by atoms with Crippen LogP contribution in [0, 0.1) is 0 Å². The molecule has 0 spiro atoms. The second kappa shape index (κ2) is 10.8. The zero-order valence-electron chi connectivity index (χ0n) is 17.8. The molecular formula is C21H26N2O7S. The predicted molar refractivity (Wildman–Crippen MR) is 113 cm³/mol. The largest absolute Gasteiger partial charge is 0.497 e. The van der Waals surface area contributed by atoms with Crippen molar-refractivity contribution in [2.24, 2.45) is 0 Å². The number of nitrogens with zero attached hydrogens (tertiary/aromatic N) is 1. The average molecular weight is 451 g/mol. The van der Waals surface area contributed by atoms with Crippen LogP contribution in [-0.4, -0.2) is 59.1 Å². The lowest BCUT2D eigenvalue weighted by atomic mass is 10.2. The van der Waals surface area contributed by atoms with Crippen molar-refractivity contribution in [3.8, 4) is 11.5 Å². The number of carbonyl (C=O) groups is 2. The molecule has 0 saturated heterocycles. The summed E-state index contributed by atoms with van der Waals surface area (Å²) >= 11 is 0. The van der Waals surface area contributed by atoms with Crippen LogP contribution in [0.5, 0.6) is 11.5 Å². The average Bonchev–Trinajstić information content (AvgIpc) is 2.77. The SMILES string of the molecule is COc1ccc(S(=O)(=O)N[C@@H](C)C(=O)OCC(=O)N(C)Cc2ccccc2OC)cc1.